The minimum absolute atomic E-state index is 0.00231. The van der Waals surface area contributed by atoms with Gasteiger partial charge in [-0.05, 0) is 54.4 Å². The van der Waals surface area contributed by atoms with Gasteiger partial charge >= 0.3 is 0 Å². The Morgan fingerprint density at radius 3 is 2.57 bits per heavy atom. The molecule has 0 aromatic heterocycles. The van der Waals surface area contributed by atoms with Gasteiger partial charge in [0.05, 0.1) is 17.2 Å². The monoisotopic (exact) mass is 258 g/mol. The number of aliphatic hydroxyl groups excluding tert-OH is 1. The molecule has 14 heavy (non-hydrogen) atoms. The maximum atomic E-state index is 9.18. The molecule has 0 saturated heterocycles. The number of ether oxygens (including phenoxy) is 1. The molecule has 0 aliphatic rings. The van der Waals surface area contributed by atoms with E-state index in [1.165, 1.54) is 0 Å². The molecule has 0 heterocycles. The first-order chi connectivity index (χ1) is 6.54. The summed E-state index contributed by atoms with van der Waals surface area (Å²) in [5.74, 6) is 0.744. The molecule has 78 valence electrons. The van der Waals surface area contributed by atoms with Crippen molar-refractivity contribution in [3.05, 3.63) is 27.7 Å². The van der Waals surface area contributed by atoms with E-state index >= 15 is 0 Å². The number of rotatable bonds is 3. The van der Waals surface area contributed by atoms with E-state index in [2.05, 4.69) is 15.9 Å². The van der Waals surface area contributed by atoms with Crippen LogP contribution in [0.3, 0.4) is 0 Å². The van der Waals surface area contributed by atoms with Crippen LogP contribution in [0.15, 0.2) is 16.6 Å². The molecule has 0 atom stereocenters. The van der Waals surface area contributed by atoms with Gasteiger partial charge in [0.15, 0.2) is 0 Å². The lowest BCUT2D eigenvalue weighted by Gasteiger charge is -2.15. The Labute approximate surface area is 93.0 Å². The minimum Gasteiger partial charge on any atom is -0.489 e. The first-order valence-electron chi connectivity index (χ1n) is 4.61. The van der Waals surface area contributed by atoms with Crippen molar-refractivity contribution >= 4 is 15.9 Å². The lowest BCUT2D eigenvalue weighted by Crippen LogP contribution is -2.08. The number of hydrogen-bond acceptors (Lipinski definition) is 2. The molecule has 0 radical (unpaired) electrons. The summed E-state index contributed by atoms with van der Waals surface area (Å²) in [5, 5.41) is 9.18. The van der Waals surface area contributed by atoms with E-state index in [0.29, 0.717) is 0 Å². The largest absolute Gasteiger partial charge is 0.489 e. The molecule has 0 aliphatic carbocycles. The predicted molar refractivity (Wildman–Crippen MR) is 60.6 cm³/mol. The van der Waals surface area contributed by atoms with Crippen LogP contribution in [0.2, 0.25) is 0 Å². The summed E-state index contributed by atoms with van der Waals surface area (Å²) in [4.78, 5) is 0. The minimum atomic E-state index is 0.00231. The molecule has 0 fully saturated rings. The van der Waals surface area contributed by atoms with E-state index < -0.39 is 0 Å². The number of aryl methyl sites for hydroxylation is 1. The van der Waals surface area contributed by atoms with E-state index in [1.807, 2.05) is 32.9 Å². The Hall–Kier alpha value is -0.540. The molecule has 1 aromatic rings. The summed E-state index contributed by atoms with van der Waals surface area (Å²) in [6, 6.07) is 3.92. The van der Waals surface area contributed by atoms with Crippen molar-refractivity contribution in [1.29, 1.82) is 0 Å². The molecule has 0 bridgehead atoms. The van der Waals surface area contributed by atoms with Crippen molar-refractivity contribution in [3.63, 3.8) is 0 Å². The Kier molecular flexibility index (Phi) is 3.96. The summed E-state index contributed by atoms with van der Waals surface area (Å²) >= 11 is 3.43. The van der Waals surface area contributed by atoms with Crippen molar-refractivity contribution < 1.29 is 9.84 Å². The Balaban J connectivity index is 3.11. The van der Waals surface area contributed by atoms with Gasteiger partial charge in [0.2, 0.25) is 0 Å². The Bertz CT molecular complexity index is 321. The van der Waals surface area contributed by atoms with Crippen molar-refractivity contribution in [3.8, 4) is 5.75 Å². The number of halogens is 1. The standard InChI is InChI=1S/C11H15BrO2/c1-7(2)14-11-9(6-13)4-8(3)5-10(11)12/h4-5,7,13H,6H2,1-3H3. The van der Waals surface area contributed by atoms with E-state index in [0.717, 1.165) is 21.3 Å². The molecule has 1 rings (SSSR count). The fourth-order valence-electron chi connectivity index (χ4n) is 1.29. The van der Waals surface area contributed by atoms with Crippen LogP contribution in [0.25, 0.3) is 0 Å². The second kappa shape index (κ2) is 4.80. The maximum absolute atomic E-state index is 9.18. The van der Waals surface area contributed by atoms with Gasteiger partial charge in [-0.1, -0.05) is 0 Å². The normalized spacial score (nSPS) is 10.7. The third-order valence-electron chi connectivity index (χ3n) is 1.79. The van der Waals surface area contributed by atoms with Gasteiger partial charge in [-0.3, -0.25) is 0 Å². The summed E-state index contributed by atoms with van der Waals surface area (Å²) in [7, 11) is 0. The number of hydrogen-bond donors (Lipinski definition) is 1. The van der Waals surface area contributed by atoms with Gasteiger partial charge in [0.25, 0.3) is 0 Å². The van der Waals surface area contributed by atoms with E-state index in [4.69, 9.17) is 4.74 Å². The third kappa shape index (κ3) is 2.72. The summed E-state index contributed by atoms with van der Waals surface area (Å²) in [6.45, 7) is 5.92. The highest BCUT2D eigenvalue weighted by atomic mass is 79.9. The van der Waals surface area contributed by atoms with Crippen molar-refractivity contribution in [2.75, 3.05) is 0 Å². The average molecular weight is 259 g/mol. The zero-order valence-corrected chi connectivity index (χ0v) is 10.3. The van der Waals surface area contributed by atoms with E-state index in [9.17, 15) is 5.11 Å². The molecule has 2 nitrogen and oxygen atoms in total. The van der Waals surface area contributed by atoms with Crippen molar-refractivity contribution in [2.24, 2.45) is 0 Å². The fraction of sp³-hybridized carbons (Fsp3) is 0.455. The molecule has 1 aromatic carbocycles. The van der Waals surface area contributed by atoms with Gasteiger partial charge in [-0.2, -0.15) is 0 Å². The molecule has 0 spiro atoms. The van der Waals surface area contributed by atoms with Gasteiger partial charge in [0.1, 0.15) is 5.75 Å². The van der Waals surface area contributed by atoms with Crippen molar-refractivity contribution in [1.82, 2.24) is 0 Å². The van der Waals surface area contributed by atoms with Crippen LogP contribution in [0, 0.1) is 6.92 Å². The van der Waals surface area contributed by atoms with Crippen LogP contribution in [0.4, 0.5) is 0 Å². The van der Waals surface area contributed by atoms with E-state index in [-0.39, 0.29) is 12.7 Å². The first-order valence-corrected chi connectivity index (χ1v) is 5.40. The van der Waals surface area contributed by atoms with Crippen molar-refractivity contribution in [2.45, 2.75) is 33.5 Å². The molecule has 1 N–H and O–H groups in total. The Morgan fingerprint density at radius 2 is 2.07 bits per heavy atom. The number of benzene rings is 1. The third-order valence-corrected chi connectivity index (χ3v) is 2.38. The fourth-order valence-corrected chi connectivity index (χ4v) is 2.00. The Morgan fingerprint density at radius 1 is 1.43 bits per heavy atom. The summed E-state index contributed by atoms with van der Waals surface area (Å²) < 4.78 is 6.51. The predicted octanol–water partition coefficient (Wildman–Crippen LogP) is 3.04. The maximum Gasteiger partial charge on any atom is 0.139 e. The lowest BCUT2D eigenvalue weighted by atomic mass is 10.1. The quantitative estimate of drug-likeness (QED) is 0.904. The van der Waals surface area contributed by atoms with Gasteiger partial charge < -0.3 is 9.84 Å². The summed E-state index contributed by atoms with van der Waals surface area (Å²) in [5.41, 5.74) is 1.93. The molecular formula is C11H15BrO2. The van der Waals surface area contributed by atoms with Crippen LogP contribution < -0.4 is 4.74 Å². The van der Waals surface area contributed by atoms with Gasteiger partial charge in [-0.15, -0.1) is 0 Å². The van der Waals surface area contributed by atoms with Crippen LogP contribution in [0.1, 0.15) is 25.0 Å². The second-order valence-corrected chi connectivity index (χ2v) is 4.41. The molecular weight excluding hydrogens is 244 g/mol. The highest BCUT2D eigenvalue weighted by molar-refractivity contribution is 9.10. The lowest BCUT2D eigenvalue weighted by molar-refractivity contribution is 0.224. The molecule has 0 saturated carbocycles. The van der Waals surface area contributed by atoms with Gasteiger partial charge in [-0.25, -0.2) is 0 Å². The van der Waals surface area contributed by atoms with Gasteiger partial charge in [0, 0.05) is 5.56 Å². The molecule has 0 amide bonds. The molecule has 0 unspecified atom stereocenters. The average Bonchev–Trinajstić information content (AvgIpc) is 2.08. The van der Waals surface area contributed by atoms with Crippen LogP contribution in [0.5, 0.6) is 5.75 Å². The molecule has 0 aliphatic heterocycles. The SMILES string of the molecule is Cc1cc(Br)c(OC(C)C)c(CO)c1. The highest BCUT2D eigenvalue weighted by Crippen LogP contribution is 2.31. The zero-order valence-electron chi connectivity index (χ0n) is 8.67. The smallest absolute Gasteiger partial charge is 0.139 e. The zero-order chi connectivity index (χ0) is 10.7. The highest BCUT2D eigenvalue weighted by Gasteiger charge is 2.10. The second-order valence-electron chi connectivity index (χ2n) is 3.56. The summed E-state index contributed by atoms with van der Waals surface area (Å²) in [6.07, 6.45) is 0.110. The van der Waals surface area contributed by atoms with Crippen LogP contribution in [-0.2, 0) is 6.61 Å². The number of aliphatic hydroxyl groups is 1. The topological polar surface area (TPSA) is 29.5 Å². The molecule has 3 heteroatoms. The van der Waals surface area contributed by atoms with Crippen LogP contribution in [-0.4, -0.2) is 11.2 Å². The van der Waals surface area contributed by atoms with Crippen LogP contribution >= 0.6 is 15.9 Å². The van der Waals surface area contributed by atoms with E-state index in [1.54, 1.807) is 0 Å². The first kappa shape index (κ1) is 11.5.